The second-order valence-electron chi connectivity index (χ2n) is 5.77. The second kappa shape index (κ2) is 6.80. The van der Waals surface area contributed by atoms with Gasteiger partial charge in [-0.15, -0.1) is 13.2 Å². The first kappa shape index (κ1) is 17.7. The lowest BCUT2D eigenvalue weighted by molar-refractivity contribution is -0.274. The fraction of sp³-hybridized carbons (Fsp3) is 0.111. The van der Waals surface area contributed by atoms with Gasteiger partial charge >= 0.3 is 6.36 Å². The summed E-state index contributed by atoms with van der Waals surface area (Å²) in [5.41, 5.74) is 1.72. The molecular weight excluding hydrogens is 379 g/mol. The summed E-state index contributed by atoms with van der Waals surface area (Å²) in [6, 6.07) is 10.5. The maximum absolute atomic E-state index is 12.2. The largest absolute Gasteiger partial charge is 0.573 e. The molecule has 1 aromatic heterocycles. The highest BCUT2D eigenvalue weighted by molar-refractivity contribution is 5.95. The molecule has 0 aliphatic carbocycles. The molecule has 1 aliphatic rings. The fourth-order valence-corrected chi connectivity index (χ4v) is 2.56. The fourth-order valence-electron chi connectivity index (χ4n) is 2.56. The van der Waals surface area contributed by atoms with Gasteiger partial charge in [0.1, 0.15) is 11.5 Å². The number of hydrogen-bond donors (Lipinski definition) is 2. The number of nitrogens with zero attached hydrogens (tertiary/aromatic N) is 1. The Labute approximate surface area is 156 Å². The minimum absolute atomic E-state index is 0.0619. The van der Waals surface area contributed by atoms with Gasteiger partial charge in [0, 0.05) is 17.3 Å². The number of alkyl halides is 3. The average Bonchev–Trinajstić information content (AvgIpc) is 3.09. The van der Waals surface area contributed by atoms with Crippen molar-refractivity contribution in [3.8, 4) is 22.8 Å². The zero-order valence-electron chi connectivity index (χ0n) is 14.0. The van der Waals surface area contributed by atoms with E-state index in [-0.39, 0.29) is 24.3 Å². The van der Waals surface area contributed by atoms with Crippen LogP contribution in [0.4, 0.5) is 30.6 Å². The molecule has 7 nitrogen and oxygen atoms in total. The third-order valence-electron chi connectivity index (χ3n) is 3.74. The number of rotatable bonds is 4. The minimum atomic E-state index is -4.74. The first-order valence-corrected chi connectivity index (χ1v) is 8.01. The molecule has 0 spiro atoms. The number of anilines is 3. The molecule has 2 N–H and O–H groups in total. The van der Waals surface area contributed by atoms with Gasteiger partial charge in [0.15, 0.2) is 12.4 Å². The lowest BCUT2D eigenvalue weighted by Crippen LogP contribution is -2.25. The van der Waals surface area contributed by atoms with Crippen LogP contribution in [0.3, 0.4) is 0 Å². The highest BCUT2D eigenvalue weighted by Crippen LogP contribution is 2.33. The Hall–Kier alpha value is -3.69. The summed E-state index contributed by atoms with van der Waals surface area (Å²) < 4.78 is 51.4. The van der Waals surface area contributed by atoms with Gasteiger partial charge in [-0.1, -0.05) is 0 Å². The molecule has 1 amide bonds. The normalized spacial score (nSPS) is 13.3. The maximum atomic E-state index is 12.2. The maximum Gasteiger partial charge on any atom is 0.573 e. The summed E-state index contributed by atoms with van der Waals surface area (Å²) in [5.74, 6) is 0.326. The SMILES string of the molecule is O=C1COc2cc(Nc3ncc(-c4ccc(OC(F)(F)F)cc4)o3)ccc2N1. The number of nitrogens with one attached hydrogen (secondary N) is 2. The van der Waals surface area contributed by atoms with Crippen molar-refractivity contribution in [3.05, 3.63) is 48.7 Å². The molecule has 2 heterocycles. The monoisotopic (exact) mass is 391 g/mol. The molecule has 0 saturated carbocycles. The van der Waals surface area contributed by atoms with Crippen molar-refractivity contribution in [2.24, 2.45) is 0 Å². The molecule has 0 bridgehead atoms. The van der Waals surface area contributed by atoms with E-state index >= 15 is 0 Å². The summed E-state index contributed by atoms with van der Waals surface area (Å²) >= 11 is 0. The lowest BCUT2D eigenvalue weighted by atomic mass is 10.2. The van der Waals surface area contributed by atoms with Gasteiger partial charge in [-0.25, -0.2) is 4.98 Å². The van der Waals surface area contributed by atoms with Crippen LogP contribution in [-0.4, -0.2) is 23.9 Å². The van der Waals surface area contributed by atoms with E-state index in [4.69, 9.17) is 9.15 Å². The van der Waals surface area contributed by atoms with E-state index in [0.29, 0.717) is 28.4 Å². The van der Waals surface area contributed by atoms with Crippen molar-refractivity contribution in [3.63, 3.8) is 0 Å². The summed E-state index contributed by atoms with van der Waals surface area (Å²) in [6.07, 6.45) is -3.30. The Morgan fingerprint density at radius 1 is 1.14 bits per heavy atom. The van der Waals surface area contributed by atoms with Crippen molar-refractivity contribution < 1.29 is 31.9 Å². The van der Waals surface area contributed by atoms with Gasteiger partial charge < -0.3 is 24.5 Å². The number of carbonyl (C=O) groups excluding carboxylic acids is 1. The zero-order valence-corrected chi connectivity index (χ0v) is 14.0. The number of fused-ring (bicyclic) bond motifs is 1. The van der Waals surface area contributed by atoms with Gasteiger partial charge in [-0.2, -0.15) is 0 Å². The lowest BCUT2D eigenvalue weighted by Gasteiger charge is -2.18. The number of hydrogen-bond acceptors (Lipinski definition) is 6. The van der Waals surface area contributed by atoms with Gasteiger partial charge in [-0.05, 0) is 36.4 Å². The summed E-state index contributed by atoms with van der Waals surface area (Å²) in [6.45, 7) is -0.0619. The van der Waals surface area contributed by atoms with Gasteiger partial charge in [0.05, 0.1) is 11.9 Å². The molecule has 0 radical (unpaired) electrons. The Kier molecular flexibility index (Phi) is 4.30. The quantitative estimate of drug-likeness (QED) is 0.689. The number of aromatic nitrogens is 1. The molecule has 0 atom stereocenters. The molecule has 0 unspecified atom stereocenters. The van der Waals surface area contributed by atoms with E-state index in [2.05, 4.69) is 20.4 Å². The van der Waals surface area contributed by atoms with Crippen molar-refractivity contribution in [1.82, 2.24) is 4.98 Å². The number of oxazole rings is 1. The van der Waals surface area contributed by atoms with E-state index < -0.39 is 6.36 Å². The topological polar surface area (TPSA) is 85.6 Å². The number of amides is 1. The Balaban J connectivity index is 1.47. The molecular formula is C18H12F3N3O4. The van der Waals surface area contributed by atoms with E-state index in [1.165, 1.54) is 30.5 Å². The summed E-state index contributed by atoms with van der Waals surface area (Å²) in [4.78, 5) is 15.4. The molecule has 4 rings (SSSR count). The molecule has 144 valence electrons. The van der Waals surface area contributed by atoms with Crippen LogP contribution in [0, 0.1) is 0 Å². The van der Waals surface area contributed by atoms with Gasteiger partial charge in [0.25, 0.3) is 11.9 Å². The first-order chi connectivity index (χ1) is 13.4. The standard InChI is InChI=1S/C18H12F3N3O4/c19-18(20,21)28-12-4-1-10(2-5-12)15-8-22-17(27-15)23-11-3-6-13-14(7-11)26-9-16(25)24-13/h1-8H,9H2,(H,22,23)(H,24,25). The first-order valence-electron chi connectivity index (χ1n) is 8.01. The molecule has 28 heavy (non-hydrogen) atoms. The van der Waals surface area contributed by atoms with Crippen LogP contribution < -0.4 is 20.1 Å². The van der Waals surface area contributed by atoms with Crippen molar-refractivity contribution >= 4 is 23.3 Å². The van der Waals surface area contributed by atoms with Crippen molar-refractivity contribution in [2.45, 2.75) is 6.36 Å². The number of benzene rings is 2. The minimum Gasteiger partial charge on any atom is -0.482 e. The Bertz CT molecular complexity index is 1020. The molecule has 2 aromatic carbocycles. The van der Waals surface area contributed by atoms with Gasteiger partial charge in [0.2, 0.25) is 0 Å². The predicted octanol–water partition coefficient (Wildman–Crippen LogP) is 4.31. The number of halogens is 3. The van der Waals surface area contributed by atoms with Crippen LogP contribution >= 0.6 is 0 Å². The third kappa shape index (κ3) is 4.00. The zero-order chi connectivity index (χ0) is 19.7. The van der Waals surface area contributed by atoms with Crippen molar-refractivity contribution in [1.29, 1.82) is 0 Å². The van der Waals surface area contributed by atoms with Crippen LogP contribution in [0.2, 0.25) is 0 Å². The number of ether oxygens (including phenoxy) is 2. The van der Waals surface area contributed by atoms with Crippen LogP contribution in [-0.2, 0) is 4.79 Å². The molecule has 0 saturated heterocycles. The van der Waals surface area contributed by atoms with Crippen LogP contribution in [0.15, 0.2) is 53.1 Å². The Morgan fingerprint density at radius 2 is 1.93 bits per heavy atom. The van der Waals surface area contributed by atoms with E-state index in [9.17, 15) is 18.0 Å². The summed E-state index contributed by atoms with van der Waals surface area (Å²) in [7, 11) is 0. The third-order valence-corrected chi connectivity index (χ3v) is 3.74. The molecule has 0 fully saturated rings. The molecule has 10 heteroatoms. The molecule has 1 aliphatic heterocycles. The highest BCUT2D eigenvalue weighted by atomic mass is 19.4. The highest BCUT2D eigenvalue weighted by Gasteiger charge is 2.31. The average molecular weight is 391 g/mol. The molecule has 3 aromatic rings. The number of carbonyl (C=O) groups is 1. The predicted molar refractivity (Wildman–Crippen MR) is 92.5 cm³/mol. The van der Waals surface area contributed by atoms with Crippen LogP contribution in [0.25, 0.3) is 11.3 Å². The van der Waals surface area contributed by atoms with Gasteiger partial charge in [-0.3, -0.25) is 4.79 Å². The van der Waals surface area contributed by atoms with Crippen molar-refractivity contribution in [2.75, 3.05) is 17.2 Å². The smallest absolute Gasteiger partial charge is 0.482 e. The van der Waals surface area contributed by atoms with E-state index in [0.717, 1.165) is 0 Å². The van der Waals surface area contributed by atoms with E-state index in [1.807, 2.05) is 0 Å². The summed E-state index contributed by atoms with van der Waals surface area (Å²) in [5, 5.41) is 5.64. The Morgan fingerprint density at radius 3 is 2.68 bits per heavy atom. The second-order valence-corrected chi connectivity index (χ2v) is 5.77. The van der Waals surface area contributed by atoms with Crippen LogP contribution in [0.5, 0.6) is 11.5 Å². The van der Waals surface area contributed by atoms with Crippen LogP contribution in [0.1, 0.15) is 0 Å². The van der Waals surface area contributed by atoms with E-state index in [1.54, 1.807) is 18.2 Å².